The summed E-state index contributed by atoms with van der Waals surface area (Å²) in [5.74, 6) is 0. The van der Waals surface area contributed by atoms with E-state index in [0.29, 0.717) is 0 Å². The molecule has 132 valence electrons. The zero-order valence-electron chi connectivity index (χ0n) is 12.2. The minimum atomic E-state index is -4.57. The van der Waals surface area contributed by atoms with E-state index in [1.54, 1.807) is 12.4 Å². The van der Waals surface area contributed by atoms with Gasteiger partial charge >= 0.3 is 12.4 Å². The first kappa shape index (κ1) is 18.8. The van der Waals surface area contributed by atoms with Crippen LogP contribution in [0.4, 0.5) is 26.3 Å². The molecule has 2 nitrogen and oxygen atoms in total. The summed E-state index contributed by atoms with van der Waals surface area (Å²) in [5.41, 5.74) is -2.82. The van der Waals surface area contributed by atoms with Gasteiger partial charge in [0.25, 0.3) is 0 Å². The molecule has 2 heterocycles. The van der Waals surface area contributed by atoms with Crippen molar-refractivity contribution in [3.8, 4) is 0 Å². The molecule has 0 unspecified atom stereocenters. The van der Waals surface area contributed by atoms with Crippen LogP contribution < -0.4 is 0 Å². The van der Waals surface area contributed by atoms with Crippen molar-refractivity contribution in [3.05, 3.63) is 53.0 Å². The Morgan fingerprint density at radius 2 is 1.62 bits per heavy atom. The molecule has 0 spiro atoms. The lowest BCUT2D eigenvalue weighted by atomic mass is 10.1. The van der Waals surface area contributed by atoms with Crippen LogP contribution >= 0.6 is 15.9 Å². The van der Waals surface area contributed by atoms with Crippen molar-refractivity contribution < 1.29 is 26.3 Å². The number of hydrogen-bond donors (Lipinski definition) is 0. The second-order valence-corrected chi connectivity index (χ2v) is 6.20. The maximum absolute atomic E-state index is 12.7. The molecule has 0 amide bonds. The molecule has 0 saturated heterocycles. The Kier molecular flexibility index (Phi) is 5.31. The van der Waals surface area contributed by atoms with Gasteiger partial charge in [0.15, 0.2) is 0 Å². The van der Waals surface area contributed by atoms with Crippen LogP contribution in [0.2, 0.25) is 0 Å². The first-order valence-electron chi connectivity index (χ1n) is 6.90. The third-order valence-electron chi connectivity index (χ3n) is 3.70. The van der Waals surface area contributed by atoms with E-state index in [4.69, 9.17) is 0 Å². The molecule has 9 heteroatoms. The maximum atomic E-state index is 12.7. The van der Waals surface area contributed by atoms with Gasteiger partial charge in [0.05, 0.1) is 15.6 Å². The molecule has 1 fully saturated rings. The van der Waals surface area contributed by atoms with Crippen LogP contribution in [0.5, 0.6) is 0 Å². The Balaban J connectivity index is 0.000000292. The van der Waals surface area contributed by atoms with Crippen molar-refractivity contribution in [2.75, 3.05) is 0 Å². The molecule has 1 saturated carbocycles. The van der Waals surface area contributed by atoms with Crippen LogP contribution in [-0.2, 0) is 12.7 Å². The van der Waals surface area contributed by atoms with Gasteiger partial charge < -0.3 is 4.57 Å². The fourth-order valence-corrected chi connectivity index (χ4v) is 2.71. The highest BCUT2D eigenvalue weighted by Crippen LogP contribution is 2.59. The number of nitrogens with zero attached hydrogens (tertiary/aromatic N) is 2. The fraction of sp³-hybridized carbons (Fsp3) is 0.400. The van der Waals surface area contributed by atoms with E-state index in [9.17, 15) is 26.3 Å². The van der Waals surface area contributed by atoms with Crippen LogP contribution in [-0.4, -0.2) is 15.7 Å². The molecule has 0 bridgehead atoms. The molecular weight excluding hydrogens is 402 g/mol. The van der Waals surface area contributed by atoms with E-state index in [2.05, 4.69) is 20.9 Å². The summed E-state index contributed by atoms with van der Waals surface area (Å²) in [5, 5.41) is 0. The number of aromatic nitrogens is 2. The molecule has 1 aliphatic carbocycles. The normalized spacial score (nSPS) is 16.3. The van der Waals surface area contributed by atoms with E-state index in [1.165, 1.54) is 0 Å². The highest BCUT2D eigenvalue weighted by molar-refractivity contribution is 9.10. The van der Waals surface area contributed by atoms with Gasteiger partial charge in [-0.25, -0.2) is 0 Å². The first-order valence-corrected chi connectivity index (χ1v) is 7.70. The topological polar surface area (TPSA) is 17.8 Å². The van der Waals surface area contributed by atoms with Gasteiger partial charge in [-0.2, -0.15) is 26.3 Å². The molecule has 0 aromatic carbocycles. The lowest BCUT2D eigenvalue weighted by Gasteiger charge is -2.20. The average molecular weight is 415 g/mol. The SMILES string of the molecule is FC(F)(F)c1ccn(CC2(C(F)(F)F)CC2)c1Br.c1ccncc1. The minimum absolute atomic E-state index is 0.0392. The Labute approximate surface area is 142 Å². The van der Waals surface area contributed by atoms with Crippen molar-refractivity contribution in [3.63, 3.8) is 0 Å². The van der Waals surface area contributed by atoms with Gasteiger partial charge in [0.1, 0.15) is 0 Å². The standard InChI is InChI=1S/C10H8BrF6N.C5H5N/c11-7-6(9(12,13)14)1-4-18(7)5-8(2-3-8)10(15,16)17;1-2-4-6-5-3-1/h1,4H,2-3,5H2;1-5H. The van der Waals surface area contributed by atoms with Crippen LogP contribution in [0.1, 0.15) is 18.4 Å². The lowest BCUT2D eigenvalue weighted by molar-refractivity contribution is -0.191. The summed E-state index contributed by atoms with van der Waals surface area (Å²) in [6.45, 7) is -0.479. The molecule has 0 radical (unpaired) electrons. The van der Waals surface area contributed by atoms with Crippen LogP contribution in [0.15, 0.2) is 47.5 Å². The number of pyridine rings is 1. The summed E-state index contributed by atoms with van der Waals surface area (Å²) in [6, 6.07) is 6.49. The minimum Gasteiger partial charge on any atom is -0.341 e. The highest BCUT2D eigenvalue weighted by Gasteiger charge is 2.63. The van der Waals surface area contributed by atoms with Gasteiger partial charge in [-0.15, -0.1) is 0 Å². The van der Waals surface area contributed by atoms with Gasteiger partial charge in [0.2, 0.25) is 0 Å². The van der Waals surface area contributed by atoms with Crippen molar-refractivity contribution >= 4 is 15.9 Å². The zero-order chi connectivity index (χ0) is 18.0. The molecule has 0 N–H and O–H groups in total. The molecule has 24 heavy (non-hydrogen) atoms. The molecule has 2 aromatic rings. The molecular formula is C15H13BrF6N2. The predicted octanol–water partition coefficient (Wildman–Crippen LogP) is 5.69. The first-order chi connectivity index (χ1) is 11.1. The monoisotopic (exact) mass is 414 g/mol. The van der Waals surface area contributed by atoms with Crippen LogP contribution in [0, 0.1) is 5.41 Å². The van der Waals surface area contributed by atoms with E-state index >= 15 is 0 Å². The summed E-state index contributed by atoms with van der Waals surface area (Å²) in [7, 11) is 0. The van der Waals surface area contributed by atoms with Gasteiger partial charge in [-0.3, -0.25) is 4.98 Å². The summed E-state index contributed by atoms with van der Waals surface area (Å²) < 4.78 is 76.2. The van der Waals surface area contributed by atoms with E-state index < -0.39 is 29.9 Å². The second-order valence-electron chi connectivity index (χ2n) is 5.45. The predicted molar refractivity (Wildman–Crippen MR) is 79.1 cm³/mol. The molecule has 0 atom stereocenters. The fourth-order valence-electron chi connectivity index (χ4n) is 2.11. The van der Waals surface area contributed by atoms with Crippen LogP contribution in [0.25, 0.3) is 0 Å². The smallest absolute Gasteiger partial charge is 0.341 e. The van der Waals surface area contributed by atoms with Gasteiger partial charge in [-0.05, 0) is 47.0 Å². The number of rotatable bonds is 2. The maximum Gasteiger partial charge on any atom is 0.418 e. The van der Waals surface area contributed by atoms with Crippen molar-refractivity contribution in [2.45, 2.75) is 31.7 Å². The quantitative estimate of drug-likeness (QED) is 0.576. The highest BCUT2D eigenvalue weighted by atomic mass is 79.9. The van der Waals surface area contributed by atoms with Gasteiger partial charge in [-0.1, -0.05) is 6.07 Å². The lowest BCUT2D eigenvalue weighted by Crippen LogP contribution is -2.29. The van der Waals surface area contributed by atoms with Crippen molar-refractivity contribution in [2.24, 2.45) is 5.41 Å². The Morgan fingerprint density at radius 1 is 1.04 bits per heavy atom. The third-order valence-corrected chi connectivity index (χ3v) is 4.58. The third kappa shape index (κ3) is 4.31. The van der Waals surface area contributed by atoms with E-state index in [-0.39, 0.29) is 17.4 Å². The molecule has 1 aliphatic rings. The molecule has 2 aromatic heterocycles. The zero-order valence-corrected chi connectivity index (χ0v) is 13.8. The Bertz CT molecular complexity index is 632. The summed E-state index contributed by atoms with van der Waals surface area (Å²) in [4.78, 5) is 3.78. The number of hydrogen-bond acceptors (Lipinski definition) is 1. The number of halogens is 7. The average Bonchev–Trinajstić information content (AvgIpc) is 3.19. The second kappa shape index (κ2) is 6.78. The van der Waals surface area contributed by atoms with E-state index in [1.807, 2.05) is 18.2 Å². The van der Waals surface area contributed by atoms with E-state index in [0.717, 1.165) is 16.8 Å². The molecule has 0 aliphatic heterocycles. The Hall–Kier alpha value is -1.51. The summed E-state index contributed by atoms with van der Waals surface area (Å²) >= 11 is 2.71. The Morgan fingerprint density at radius 3 is 1.92 bits per heavy atom. The van der Waals surface area contributed by atoms with Crippen molar-refractivity contribution in [1.29, 1.82) is 0 Å². The number of alkyl halides is 6. The van der Waals surface area contributed by atoms with Gasteiger partial charge in [0, 0.05) is 25.1 Å². The van der Waals surface area contributed by atoms with Crippen LogP contribution in [0.3, 0.4) is 0 Å². The molecule has 3 rings (SSSR count). The summed E-state index contributed by atoms with van der Waals surface area (Å²) in [6.07, 6.45) is -4.50. The largest absolute Gasteiger partial charge is 0.418 e. The van der Waals surface area contributed by atoms with Crippen molar-refractivity contribution in [1.82, 2.24) is 9.55 Å².